The minimum Gasteiger partial charge on any atom is -0.497 e. The number of rotatable bonds is 11. The molecule has 0 bridgehead atoms. The summed E-state index contributed by atoms with van der Waals surface area (Å²) in [5.41, 5.74) is 7.67. The summed E-state index contributed by atoms with van der Waals surface area (Å²) >= 11 is 0. The van der Waals surface area contributed by atoms with Crippen molar-refractivity contribution in [3.8, 4) is 11.5 Å². The van der Waals surface area contributed by atoms with Crippen LogP contribution in [0.3, 0.4) is 0 Å². The average Bonchev–Trinajstić information content (AvgIpc) is 3.45. The molecule has 2 aromatic heterocycles. The zero-order chi connectivity index (χ0) is 28.7. The van der Waals surface area contributed by atoms with Gasteiger partial charge in [0, 0.05) is 42.9 Å². The Morgan fingerprint density at radius 2 is 1.24 bits per heavy atom. The van der Waals surface area contributed by atoms with Crippen LogP contribution in [0.4, 0.5) is 17.1 Å². The van der Waals surface area contributed by atoms with E-state index >= 15 is 0 Å². The minimum absolute atomic E-state index is 0.736. The third-order valence-electron chi connectivity index (χ3n) is 7.36. The Balaban J connectivity index is 1.28. The first-order chi connectivity index (χ1) is 20.7. The van der Waals surface area contributed by atoms with Crippen molar-refractivity contribution in [2.45, 2.75) is 19.6 Å². The van der Waals surface area contributed by atoms with Crippen LogP contribution in [0.1, 0.15) is 16.8 Å². The van der Waals surface area contributed by atoms with Gasteiger partial charge in [-0.1, -0.05) is 30.3 Å². The molecule has 0 radical (unpaired) electrons. The summed E-state index contributed by atoms with van der Waals surface area (Å²) in [4.78, 5) is 12.5. The summed E-state index contributed by atoms with van der Waals surface area (Å²) in [6.07, 6.45) is 5.24. The number of nitrogens with one attached hydrogen (secondary N) is 1. The maximum Gasteiger partial charge on any atom is 0.119 e. The molecule has 0 spiro atoms. The van der Waals surface area contributed by atoms with Gasteiger partial charge in [0.05, 0.1) is 19.9 Å². The van der Waals surface area contributed by atoms with E-state index in [0.717, 1.165) is 65.0 Å². The number of H-pyrrole nitrogens is 1. The van der Waals surface area contributed by atoms with Crippen molar-refractivity contribution in [3.05, 3.63) is 144 Å². The molecule has 0 unspecified atom stereocenters. The summed E-state index contributed by atoms with van der Waals surface area (Å²) in [6.45, 7) is 2.27. The van der Waals surface area contributed by atoms with E-state index in [1.807, 2.05) is 48.7 Å². The van der Waals surface area contributed by atoms with Gasteiger partial charge in [-0.25, -0.2) is 0 Å². The van der Waals surface area contributed by atoms with Crippen molar-refractivity contribution in [1.82, 2.24) is 14.9 Å². The lowest BCUT2D eigenvalue weighted by molar-refractivity contribution is 0.245. The predicted octanol–water partition coefficient (Wildman–Crippen LogP) is 8.05. The zero-order valence-electron chi connectivity index (χ0n) is 23.8. The molecule has 0 aliphatic carbocycles. The fourth-order valence-corrected chi connectivity index (χ4v) is 5.22. The fraction of sp³-hybridized carbons (Fsp3) is 0.139. The van der Waals surface area contributed by atoms with Gasteiger partial charge in [-0.15, -0.1) is 34.8 Å². The first-order valence-corrected chi connectivity index (χ1v) is 14.0. The number of fused-ring (bicyclic) bond motifs is 1. The van der Waals surface area contributed by atoms with Crippen molar-refractivity contribution < 1.29 is 9.47 Å². The Morgan fingerprint density at radius 3 is 1.83 bits per heavy atom. The second kappa shape index (κ2) is 12.6. The second-order valence-electron chi connectivity index (χ2n) is 10.1. The lowest BCUT2D eigenvalue weighted by Gasteiger charge is -2.27. The molecule has 6 heteroatoms. The van der Waals surface area contributed by atoms with Crippen LogP contribution in [0.15, 0.2) is 121 Å². The van der Waals surface area contributed by atoms with Gasteiger partial charge in [-0.2, -0.15) is 0 Å². The largest absolute Gasteiger partial charge is 0.497 e. The standard InChI is InChI=1S/C36H33N4O2/c1-41-33-18-14-31(15-19-33)40(32-16-20-34(42-2)21-17-32)30-12-10-27(11-13-30)24-39(26-29-7-5-6-22-37-29)25-28-23-38-36-9-4-3-8-35(28)36/h3-22,38H,24-26H2,1-2H3/q-1. The Hall–Kier alpha value is -5.07. The topological polar surface area (TPSA) is 53.6 Å². The van der Waals surface area contributed by atoms with Gasteiger partial charge in [-0.05, 0) is 78.4 Å². The van der Waals surface area contributed by atoms with Crippen molar-refractivity contribution in [1.29, 1.82) is 0 Å². The van der Waals surface area contributed by atoms with Crippen molar-refractivity contribution >= 4 is 28.0 Å². The highest BCUT2D eigenvalue weighted by Crippen LogP contribution is 2.36. The van der Waals surface area contributed by atoms with Crippen LogP contribution >= 0.6 is 0 Å². The smallest absolute Gasteiger partial charge is 0.119 e. The third kappa shape index (κ3) is 6.14. The molecule has 0 aliphatic rings. The molecule has 0 atom stereocenters. The molecule has 6 aromatic rings. The first kappa shape index (κ1) is 27.1. The number of ether oxygens (including phenoxy) is 2. The molecule has 4 aromatic carbocycles. The highest BCUT2D eigenvalue weighted by atomic mass is 16.5. The van der Waals surface area contributed by atoms with Crippen LogP contribution in [0.2, 0.25) is 0 Å². The number of aromatic nitrogens is 2. The Bertz CT molecular complexity index is 1670. The molecule has 42 heavy (non-hydrogen) atoms. The van der Waals surface area contributed by atoms with E-state index in [1.165, 1.54) is 10.9 Å². The molecule has 1 N–H and O–H groups in total. The summed E-state index contributed by atoms with van der Waals surface area (Å²) in [5.74, 6) is 1.65. The van der Waals surface area contributed by atoms with E-state index in [1.54, 1.807) is 14.2 Å². The predicted molar refractivity (Wildman–Crippen MR) is 169 cm³/mol. The van der Waals surface area contributed by atoms with Gasteiger partial charge in [-0.3, -0.25) is 9.88 Å². The van der Waals surface area contributed by atoms with Crippen molar-refractivity contribution in [2.24, 2.45) is 0 Å². The van der Waals surface area contributed by atoms with E-state index in [-0.39, 0.29) is 0 Å². The number of methoxy groups -OCH3 is 2. The molecule has 0 saturated heterocycles. The molecular formula is C36H33N4O2-. The maximum absolute atomic E-state index is 5.40. The molecule has 6 nitrogen and oxygen atoms in total. The number of hydrogen-bond acceptors (Lipinski definition) is 5. The number of para-hydroxylation sites is 1. The number of benzene rings is 4. The van der Waals surface area contributed by atoms with E-state index in [0.29, 0.717) is 0 Å². The van der Waals surface area contributed by atoms with Crippen LogP contribution in [-0.2, 0) is 19.6 Å². The first-order valence-electron chi connectivity index (χ1n) is 14.0. The van der Waals surface area contributed by atoms with Crippen molar-refractivity contribution in [3.63, 3.8) is 0 Å². The van der Waals surface area contributed by atoms with Gasteiger partial charge < -0.3 is 19.4 Å². The second-order valence-corrected chi connectivity index (χ2v) is 10.1. The summed E-state index contributed by atoms with van der Waals surface area (Å²) in [5, 5.41) is 1.20. The molecule has 0 amide bonds. The number of nitrogens with zero attached hydrogens (tertiary/aromatic N) is 3. The molecule has 0 fully saturated rings. The quantitative estimate of drug-likeness (QED) is 0.165. The van der Waals surface area contributed by atoms with Gasteiger partial charge in [0.1, 0.15) is 11.5 Å². The van der Waals surface area contributed by atoms with E-state index in [4.69, 9.17) is 9.47 Å². The Morgan fingerprint density at radius 1 is 0.643 bits per heavy atom. The number of pyridine rings is 1. The maximum atomic E-state index is 5.40. The molecule has 210 valence electrons. The van der Waals surface area contributed by atoms with Gasteiger partial charge in [0.2, 0.25) is 0 Å². The number of hydrogen-bond donors (Lipinski definition) is 1. The van der Waals surface area contributed by atoms with E-state index in [2.05, 4.69) is 98.8 Å². The highest BCUT2D eigenvalue weighted by Gasteiger charge is 2.14. The normalized spacial score (nSPS) is 11.1. The molecule has 2 heterocycles. The van der Waals surface area contributed by atoms with Gasteiger partial charge in [0.25, 0.3) is 0 Å². The Kier molecular flexibility index (Phi) is 8.15. The van der Waals surface area contributed by atoms with Crippen LogP contribution in [-0.4, -0.2) is 29.1 Å². The Labute approximate surface area is 246 Å². The van der Waals surface area contributed by atoms with E-state index in [9.17, 15) is 0 Å². The minimum atomic E-state index is 0.736. The van der Waals surface area contributed by atoms with Crippen molar-refractivity contribution in [2.75, 3.05) is 19.1 Å². The van der Waals surface area contributed by atoms with Crippen LogP contribution in [0.5, 0.6) is 11.5 Å². The molecule has 0 saturated carbocycles. The summed E-state index contributed by atoms with van der Waals surface area (Å²) < 4.78 is 10.8. The van der Waals surface area contributed by atoms with Crippen LogP contribution < -0.4 is 14.4 Å². The SMILES string of the molecule is COc1ccc(N(c2ccc(CN(Cc3ccccn3)Cc3[c-][nH]c4ccccc34)cc2)c2ccc(OC)cc2)cc1. The zero-order valence-corrected chi connectivity index (χ0v) is 23.8. The van der Waals surface area contributed by atoms with Crippen LogP contribution in [0, 0.1) is 6.20 Å². The summed E-state index contributed by atoms with van der Waals surface area (Å²) in [7, 11) is 3.37. The van der Waals surface area contributed by atoms with Crippen LogP contribution in [0.25, 0.3) is 10.9 Å². The molecule has 6 rings (SSSR count). The average molecular weight is 554 g/mol. The van der Waals surface area contributed by atoms with Gasteiger partial charge in [0.15, 0.2) is 0 Å². The lowest BCUT2D eigenvalue weighted by atomic mass is 10.1. The number of aromatic amines is 1. The summed E-state index contributed by atoms with van der Waals surface area (Å²) in [6, 6.07) is 39.4. The number of anilines is 3. The van der Waals surface area contributed by atoms with E-state index < -0.39 is 0 Å². The molecule has 0 aliphatic heterocycles. The highest BCUT2D eigenvalue weighted by molar-refractivity contribution is 5.82. The molecular weight excluding hydrogens is 520 g/mol. The third-order valence-corrected chi connectivity index (χ3v) is 7.36. The monoisotopic (exact) mass is 553 g/mol. The fourth-order valence-electron chi connectivity index (χ4n) is 5.22. The van der Waals surface area contributed by atoms with Gasteiger partial charge >= 0.3 is 0 Å². The lowest BCUT2D eigenvalue weighted by Crippen LogP contribution is -2.23.